The highest BCUT2D eigenvalue weighted by atomic mass is 19.4. The Balaban J connectivity index is 1.43. The maximum Gasteiger partial charge on any atom is 0.421 e. The van der Waals surface area contributed by atoms with Crippen LogP contribution in [0.15, 0.2) is 24.4 Å². The molecule has 1 amide bonds. The molecule has 2 aliphatic rings. The van der Waals surface area contributed by atoms with Crippen LogP contribution in [-0.2, 0) is 23.9 Å². The third kappa shape index (κ3) is 5.48. The molecule has 7 nitrogen and oxygen atoms in total. The smallest absolute Gasteiger partial charge is 0.369 e. The zero-order chi connectivity index (χ0) is 22.6. The molecule has 0 radical (unpaired) electrons. The molecule has 0 saturated carbocycles. The number of nitrogens with one attached hydrogen (secondary N) is 3. The van der Waals surface area contributed by atoms with Crippen molar-refractivity contribution in [3.05, 3.63) is 41.1 Å². The van der Waals surface area contributed by atoms with Crippen LogP contribution >= 0.6 is 0 Å². The summed E-state index contributed by atoms with van der Waals surface area (Å²) in [5.74, 6) is -0.0592. The first kappa shape index (κ1) is 22.3. The second-order valence-corrected chi connectivity index (χ2v) is 8.11. The van der Waals surface area contributed by atoms with Gasteiger partial charge in [0.25, 0.3) is 0 Å². The maximum absolute atomic E-state index is 13.4. The van der Waals surface area contributed by atoms with Gasteiger partial charge in [-0.3, -0.25) is 4.79 Å². The summed E-state index contributed by atoms with van der Waals surface area (Å²) in [5, 5.41) is 9.10. The molecular formula is C22H27F3N6O. The minimum atomic E-state index is -4.57. The highest BCUT2D eigenvalue weighted by molar-refractivity contribution is 5.76. The number of hydrogen-bond acceptors (Lipinski definition) is 6. The molecule has 3 N–H and O–H groups in total. The molecule has 4 rings (SSSR count). The first-order valence-corrected chi connectivity index (χ1v) is 11.0. The summed E-state index contributed by atoms with van der Waals surface area (Å²) in [6.45, 7) is 3.19. The Morgan fingerprint density at radius 1 is 1.16 bits per heavy atom. The van der Waals surface area contributed by atoms with E-state index in [-0.39, 0.29) is 24.2 Å². The van der Waals surface area contributed by atoms with Crippen LogP contribution in [0.2, 0.25) is 0 Å². The number of fused-ring (bicyclic) bond motifs is 1. The number of anilines is 3. The SMILES string of the molecule is O=C1CCCCN1CCCNc1nc(Nc2ccc3c(c2)CNCC3)ncc1C(F)(F)F. The second-order valence-electron chi connectivity index (χ2n) is 8.11. The zero-order valence-corrected chi connectivity index (χ0v) is 17.8. The standard InChI is InChI=1S/C22H27F3N6O/c23-22(24,25)18-14-28-21(29-17-6-5-15-7-9-26-13-16(15)12-17)30-20(18)27-8-3-11-31-10-2-1-4-19(31)32/h5-6,12,14,26H,1-4,7-11,13H2,(H2,27,28,29,30). The number of aromatic nitrogens is 2. The van der Waals surface area contributed by atoms with E-state index >= 15 is 0 Å². The number of halogens is 3. The minimum absolute atomic E-state index is 0.0930. The topological polar surface area (TPSA) is 82.2 Å². The Hall–Kier alpha value is -2.88. The fourth-order valence-electron chi connectivity index (χ4n) is 4.05. The summed E-state index contributed by atoms with van der Waals surface area (Å²) in [6.07, 6.45) is 0.131. The van der Waals surface area contributed by atoms with Crippen molar-refractivity contribution in [2.75, 3.05) is 36.8 Å². The van der Waals surface area contributed by atoms with Crippen LogP contribution in [0.4, 0.5) is 30.6 Å². The molecule has 0 aliphatic carbocycles. The van der Waals surface area contributed by atoms with E-state index in [0.717, 1.165) is 49.8 Å². The van der Waals surface area contributed by atoms with E-state index in [9.17, 15) is 18.0 Å². The Bertz CT molecular complexity index is 965. The summed E-state index contributed by atoms with van der Waals surface area (Å²) in [6, 6.07) is 5.86. The number of carbonyl (C=O) groups excluding carboxylic acids is 1. The van der Waals surface area contributed by atoms with Crippen LogP contribution in [0.1, 0.15) is 42.4 Å². The minimum Gasteiger partial charge on any atom is -0.369 e. The first-order chi connectivity index (χ1) is 15.4. The Labute approximate surface area is 184 Å². The summed E-state index contributed by atoms with van der Waals surface area (Å²) in [7, 11) is 0. The molecule has 2 aromatic rings. The normalized spacial score (nSPS) is 16.6. The quantitative estimate of drug-likeness (QED) is 0.561. The lowest BCUT2D eigenvalue weighted by atomic mass is 10.0. The van der Waals surface area contributed by atoms with Crippen LogP contribution in [0.3, 0.4) is 0 Å². The highest BCUT2D eigenvalue weighted by Gasteiger charge is 2.35. The molecular weight excluding hydrogens is 421 g/mol. The number of amides is 1. The van der Waals surface area contributed by atoms with Gasteiger partial charge in [-0.1, -0.05) is 6.07 Å². The third-order valence-electron chi connectivity index (χ3n) is 5.76. The molecule has 0 spiro atoms. The van der Waals surface area contributed by atoms with Gasteiger partial charge in [0.15, 0.2) is 0 Å². The zero-order valence-electron chi connectivity index (χ0n) is 17.8. The van der Waals surface area contributed by atoms with E-state index in [1.165, 1.54) is 5.56 Å². The van der Waals surface area contributed by atoms with Gasteiger partial charge < -0.3 is 20.9 Å². The van der Waals surface area contributed by atoms with Crippen LogP contribution in [0.5, 0.6) is 0 Å². The Morgan fingerprint density at radius 2 is 2.03 bits per heavy atom. The second kappa shape index (κ2) is 9.72. The molecule has 0 bridgehead atoms. The predicted octanol–water partition coefficient (Wildman–Crippen LogP) is 3.70. The number of carbonyl (C=O) groups is 1. The van der Waals surface area contributed by atoms with Gasteiger partial charge in [-0.25, -0.2) is 4.98 Å². The molecule has 172 valence electrons. The summed E-state index contributed by atoms with van der Waals surface area (Å²) >= 11 is 0. The lowest BCUT2D eigenvalue weighted by molar-refractivity contribution is -0.137. The fraction of sp³-hybridized carbons (Fsp3) is 0.500. The van der Waals surface area contributed by atoms with Crippen LogP contribution in [-0.4, -0.2) is 47.0 Å². The Kier molecular flexibility index (Phi) is 6.78. The summed E-state index contributed by atoms with van der Waals surface area (Å²) in [5.41, 5.74) is 2.23. The average Bonchev–Trinajstić information content (AvgIpc) is 2.77. The molecule has 1 fully saturated rings. The van der Waals surface area contributed by atoms with Gasteiger partial charge in [0.05, 0.1) is 0 Å². The van der Waals surface area contributed by atoms with Crippen molar-refractivity contribution in [2.24, 2.45) is 0 Å². The first-order valence-electron chi connectivity index (χ1n) is 11.0. The van der Waals surface area contributed by atoms with E-state index in [1.54, 1.807) is 4.90 Å². The van der Waals surface area contributed by atoms with Crippen molar-refractivity contribution in [2.45, 2.75) is 44.8 Å². The van der Waals surface area contributed by atoms with Crippen molar-refractivity contribution < 1.29 is 18.0 Å². The number of rotatable bonds is 7. The maximum atomic E-state index is 13.4. The molecule has 0 atom stereocenters. The van der Waals surface area contributed by atoms with Gasteiger partial charge in [0.1, 0.15) is 11.4 Å². The van der Waals surface area contributed by atoms with E-state index < -0.39 is 11.7 Å². The summed E-state index contributed by atoms with van der Waals surface area (Å²) < 4.78 is 40.3. The number of piperidine rings is 1. The monoisotopic (exact) mass is 448 g/mol. The Morgan fingerprint density at radius 3 is 2.84 bits per heavy atom. The van der Waals surface area contributed by atoms with Crippen molar-refractivity contribution in [3.8, 4) is 0 Å². The van der Waals surface area contributed by atoms with E-state index in [4.69, 9.17) is 0 Å². The van der Waals surface area contributed by atoms with Crippen molar-refractivity contribution in [1.82, 2.24) is 20.2 Å². The lowest BCUT2D eigenvalue weighted by Crippen LogP contribution is -2.36. The number of nitrogens with zero attached hydrogens (tertiary/aromatic N) is 3. The third-order valence-corrected chi connectivity index (χ3v) is 5.76. The van der Waals surface area contributed by atoms with Gasteiger partial charge in [-0.2, -0.15) is 18.2 Å². The molecule has 0 unspecified atom stereocenters. The molecule has 1 aromatic carbocycles. The van der Waals surface area contributed by atoms with E-state index in [0.29, 0.717) is 25.9 Å². The molecule has 32 heavy (non-hydrogen) atoms. The van der Waals surface area contributed by atoms with Gasteiger partial charge in [-0.05, 0) is 55.5 Å². The highest BCUT2D eigenvalue weighted by Crippen LogP contribution is 2.34. The van der Waals surface area contributed by atoms with Gasteiger partial charge >= 0.3 is 6.18 Å². The fourth-order valence-corrected chi connectivity index (χ4v) is 4.05. The van der Waals surface area contributed by atoms with Gasteiger partial charge in [-0.15, -0.1) is 0 Å². The van der Waals surface area contributed by atoms with Gasteiger partial charge in [0, 0.05) is 44.5 Å². The van der Waals surface area contributed by atoms with Crippen molar-refractivity contribution in [1.29, 1.82) is 0 Å². The van der Waals surface area contributed by atoms with E-state index in [2.05, 4.69) is 25.9 Å². The number of likely N-dealkylation sites (tertiary alicyclic amines) is 1. The van der Waals surface area contributed by atoms with Crippen LogP contribution in [0, 0.1) is 0 Å². The van der Waals surface area contributed by atoms with Crippen molar-refractivity contribution in [3.63, 3.8) is 0 Å². The van der Waals surface area contributed by atoms with Gasteiger partial charge in [0.2, 0.25) is 11.9 Å². The van der Waals surface area contributed by atoms with Crippen LogP contribution in [0.25, 0.3) is 0 Å². The number of hydrogen-bond donors (Lipinski definition) is 3. The molecule has 1 saturated heterocycles. The lowest BCUT2D eigenvalue weighted by Gasteiger charge is -2.26. The average molecular weight is 448 g/mol. The number of benzene rings is 1. The molecule has 2 aliphatic heterocycles. The van der Waals surface area contributed by atoms with E-state index in [1.807, 2.05) is 18.2 Å². The molecule has 10 heteroatoms. The summed E-state index contributed by atoms with van der Waals surface area (Å²) in [4.78, 5) is 21.6. The van der Waals surface area contributed by atoms with Crippen molar-refractivity contribution >= 4 is 23.4 Å². The van der Waals surface area contributed by atoms with Crippen LogP contribution < -0.4 is 16.0 Å². The molecule has 1 aromatic heterocycles. The predicted molar refractivity (Wildman–Crippen MR) is 116 cm³/mol. The molecule has 3 heterocycles. The largest absolute Gasteiger partial charge is 0.421 e. The number of alkyl halides is 3.